The van der Waals surface area contributed by atoms with E-state index in [9.17, 15) is 4.79 Å². The van der Waals surface area contributed by atoms with Gasteiger partial charge in [0.15, 0.2) is 5.78 Å². The van der Waals surface area contributed by atoms with Gasteiger partial charge in [-0.25, -0.2) is 0 Å². The Balaban J connectivity index is 2.45. The molecular weight excluding hydrogens is 180 g/mol. The number of hydrogen-bond donors (Lipinski definition) is 0. The monoisotopic (exact) mass is 196 g/mol. The standard InChI is InChI=1S/C10H16N2O2/c1-8-6-9(12(2)11-8)4-5-10(13)7-14-3/h6H,4-5,7H2,1-3H3. The molecule has 0 aliphatic carbocycles. The summed E-state index contributed by atoms with van der Waals surface area (Å²) in [6, 6.07) is 2.00. The Labute approximate surface area is 83.9 Å². The van der Waals surface area contributed by atoms with Crippen LogP contribution in [0.5, 0.6) is 0 Å². The number of aryl methyl sites for hydroxylation is 3. The molecule has 1 rings (SSSR count). The van der Waals surface area contributed by atoms with Gasteiger partial charge in [0, 0.05) is 26.3 Å². The van der Waals surface area contributed by atoms with Crippen LogP contribution in [0.15, 0.2) is 6.07 Å². The number of Topliss-reactive ketones (excluding diaryl/α,β-unsaturated/α-hetero) is 1. The van der Waals surface area contributed by atoms with Crippen molar-refractivity contribution in [3.05, 3.63) is 17.5 Å². The highest BCUT2D eigenvalue weighted by atomic mass is 16.5. The number of carbonyl (C=O) groups is 1. The summed E-state index contributed by atoms with van der Waals surface area (Å²) in [7, 11) is 3.43. The Hall–Kier alpha value is -1.16. The lowest BCUT2D eigenvalue weighted by Crippen LogP contribution is -2.09. The summed E-state index contributed by atoms with van der Waals surface area (Å²) in [4.78, 5) is 11.2. The molecule has 0 saturated carbocycles. The molecule has 14 heavy (non-hydrogen) atoms. The lowest BCUT2D eigenvalue weighted by atomic mass is 10.2. The van der Waals surface area contributed by atoms with Crippen LogP contribution in [0.2, 0.25) is 0 Å². The summed E-state index contributed by atoms with van der Waals surface area (Å²) in [5.74, 6) is 0.131. The number of rotatable bonds is 5. The second-order valence-electron chi connectivity index (χ2n) is 3.37. The Kier molecular flexibility index (Phi) is 3.83. The summed E-state index contributed by atoms with van der Waals surface area (Å²) in [6.07, 6.45) is 1.26. The zero-order valence-electron chi connectivity index (χ0n) is 8.91. The first-order valence-corrected chi connectivity index (χ1v) is 4.63. The topological polar surface area (TPSA) is 44.1 Å². The summed E-state index contributed by atoms with van der Waals surface area (Å²) < 4.78 is 6.57. The highest BCUT2D eigenvalue weighted by Crippen LogP contribution is 2.05. The number of aromatic nitrogens is 2. The molecule has 0 fully saturated rings. The summed E-state index contributed by atoms with van der Waals surface area (Å²) >= 11 is 0. The maximum absolute atomic E-state index is 11.2. The van der Waals surface area contributed by atoms with Gasteiger partial charge in [0.25, 0.3) is 0 Å². The first kappa shape index (κ1) is 10.9. The van der Waals surface area contributed by atoms with E-state index in [1.165, 1.54) is 7.11 Å². The van der Waals surface area contributed by atoms with Crippen LogP contribution in [0.1, 0.15) is 17.8 Å². The molecule has 0 N–H and O–H groups in total. The fraction of sp³-hybridized carbons (Fsp3) is 0.600. The summed E-state index contributed by atoms with van der Waals surface area (Å²) in [5.41, 5.74) is 2.08. The Morgan fingerprint density at radius 1 is 1.64 bits per heavy atom. The van der Waals surface area contributed by atoms with Crippen molar-refractivity contribution in [3.8, 4) is 0 Å². The SMILES string of the molecule is COCC(=O)CCc1cc(C)nn1C. The largest absolute Gasteiger partial charge is 0.377 e. The van der Waals surface area contributed by atoms with E-state index < -0.39 is 0 Å². The third-order valence-electron chi connectivity index (χ3n) is 2.06. The molecule has 0 aromatic carbocycles. The molecule has 0 saturated heterocycles. The fourth-order valence-corrected chi connectivity index (χ4v) is 1.40. The van der Waals surface area contributed by atoms with Gasteiger partial charge in [0.2, 0.25) is 0 Å². The maximum atomic E-state index is 11.2. The molecule has 0 amide bonds. The second kappa shape index (κ2) is 4.91. The molecule has 1 aromatic heterocycles. The smallest absolute Gasteiger partial charge is 0.158 e. The molecule has 0 aliphatic rings. The molecule has 1 aromatic rings. The van der Waals surface area contributed by atoms with E-state index in [0.717, 1.165) is 17.8 Å². The Morgan fingerprint density at radius 2 is 2.36 bits per heavy atom. The quantitative estimate of drug-likeness (QED) is 0.702. The zero-order chi connectivity index (χ0) is 10.6. The molecule has 0 aliphatic heterocycles. The van der Waals surface area contributed by atoms with Crippen LogP contribution in [0.3, 0.4) is 0 Å². The molecule has 0 atom stereocenters. The molecule has 0 spiro atoms. The predicted molar refractivity (Wildman–Crippen MR) is 53.1 cm³/mol. The number of methoxy groups -OCH3 is 1. The molecule has 0 bridgehead atoms. The molecule has 1 heterocycles. The van der Waals surface area contributed by atoms with Gasteiger partial charge in [0.1, 0.15) is 6.61 Å². The first-order chi connectivity index (χ1) is 6.63. The number of hydrogen-bond acceptors (Lipinski definition) is 3. The zero-order valence-corrected chi connectivity index (χ0v) is 8.91. The van der Waals surface area contributed by atoms with Crippen molar-refractivity contribution in [2.24, 2.45) is 7.05 Å². The van der Waals surface area contributed by atoms with Crippen molar-refractivity contribution in [1.82, 2.24) is 9.78 Å². The van der Waals surface area contributed by atoms with Gasteiger partial charge in [0.05, 0.1) is 5.69 Å². The van der Waals surface area contributed by atoms with Gasteiger partial charge in [-0.15, -0.1) is 0 Å². The summed E-state index contributed by atoms with van der Waals surface area (Å²) in [6.45, 7) is 2.15. The average Bonchev–Trinajstić information content (AvgIpc) is 2.42. The van der Waals surface area contributed by atoms with Crippen molar-refractivity contribution >= 4 is 5.78 Å². The van der Waals surface area contributed by atoms with Gasteiger partial charge < -0.3 is 4.74 Å². The van der Waals surface area contributed by atoms with Crippen LogP contribution < -0.4 is 0 Å². The number of ketones is 1. The van der Waals surface area contributed by atoms with Gasteiger partial charge in [-0.1, -0.05) is 0 Å². The van der Waals surface area contributed by atoms with Gasteiger partial charge in [-0.3, -0.25) is 9.48 Å². The fourth-order valence-electron chi connectivity index (χ4n) is 1.40. The van der Waals surface area contributed by atoms with Gasteiger partial charge in [-0.2, -0.15) is 5.10 Å². The normalized spacial score (nSPS) is 10.5. The van der Waals surface area contributed by atoms with Crippen LogP contribution in [-0.4, -0.2) is 29.3 Å². The van der Waals surface area contributed by atoms with Crippen molar-refractivity contribution in [3.63, 3.8) is 0 Å². The van der Waals surface area contributed by atoms with Crippen LogP contribution in [0.4, 0.5) is 0 Å². The lowest BCUT2D eigenvalue weighted by Gasteiger charge is -2.00. The highest BCUT2D eigenvalue weighted by Gasteiger charge is 2.05. The molecule has 4 heteroatoms. The van der Waals surface area contributed by atoms with E-state index in [4.69, 9.17) is 4.74 Å². The minimum absolute atomic E-state index is 0.131. The number of nitrogens with zero attached hydrogens (tertiary/aromatic N) is 2. The number of carbonyl (C=O) groups excluding carboxylic acids is 1. The highest BCUT2D eigenvalue weighted by molar-refractivity contribution is 5.79. The minimum Gasteiger partial charge on any atom is -0.377 e. The van der Waals surface area contributed by atoms with Crippen LogP contribution in [-0.2, 0) is 23.0 Å². The van der Waals surface area contributed by atoms with Crippen LogP contribution in [0.25, 0.3) is 0 Å². The van der Waals surface area contributed by atoms with Gasteiger partial charge >= 0.3 is 0 Å². The third kappa shape index (κ3) is 2.96. The van der Waals surface area contributed by atoms with Crippen molar-refractivity contribution in [1.29, 1.82) is 0 Å². The van der Waals surface area contributed by atoms with E-state index in [-0.39, 0.29) is 12.4 Å². The molecule has 0 unspecified atom stereocenters. The minimum atomic E-state index is 0.131. The second-order valence-corrected chi connectivity index (χ2v) is 3.37. The average molecular weight is 196 g/mol. The maximum Gasteiger partial charge on any atom is 0.158 e. The molecule has 4 nitrogen and oxygen atoms in total. The van der Waals surface area contributed by atoms with E-state index in [1.807, 2.05) is 24.7 Å². The van der Waals surface area contributed by atoms with Crippen molar-refractivity contribution < 1.29 is 9.53 Å². The van der Waals surface area contributed by atoms with Gasteiger partial charge in [-0.05, 0) is 19.4 Å². The van der Waals surface area contributed by atoms with E-state index >= 15 is 0 Å². The molecule has 78 valence electrons. The lowest BCUT2D eigenvalue weighted by molar-refractivity contribution is -0.122. The van der Waals surface area contributed by atoms with E-state index in [0.29, 0.717) is 6.42 Å². The van der Waals surface area contributed by atoms with E-state index in [2.05, 4.69) is 5.10 Å². The third-order valence-corrected chi connectivity index (χ3v) is 2.06. The summed E-state index contributed by atoms with van der Waals surface area (Å²) in [5, 5.41) is 4.21. The van der Waals surface area contributed by atoms with Crippen LogP contribution in [0, 0.1) is 6.92 Å². The Bertz CT molecular complexity index is 318. The predicted octanol–water partition coefficient (Wildman–Crippen LogP) is 0.877. The molecule has 0 radical (unpaired) electrons. The number of ether oxygens (including phenoxy) is 1. The van der Waals surface area contributed by atoms with Crippen molar-refractivity contribution in [2.75, 3.05) is 13.7 Å². The van der Waals surface area contributed by atoms with Crippen molar-refractivity contribution in [2.45, 2.75) is 19.8 Å². The Morgan fingerprint density at radius 3 is 2.86 bits per heavy atom. The van der Waals surface area contributed by atoms with E-state index in [1.54, 1.807) is 0 Å². The van der Waals surface area contributed by atoms with Crippen LogP contribution >= 0.6 is 0 Å². The molecular formula is C10H16N2O2. The first-order valence-electron chi connectivity index (χ1n) is 4.63.